The molecule has 1 amide bonds. The minimum absolute atomic E-state index is 0.0000917. The van der Waals surface area contributed by atoms with E-state index >= 15 is 0 Å². The number of rotatable bonds is 56. The van der Waals surface area contributed by atoms with Gasteiger partial charge in [0, 0.05) is 12.8 Å². The lowest BCUT2D eigenvalue weighted by Crippen LogP contribution is -2.45. The number of hydrogen-bond acceptors (Lipinski definition) is 5. The summed E-state index contributed by atoms with van der Waals surface area (Å²) in [5, 5.41) is 23.4. The third kappa shape index (κ3) is 52.1. The van der Waals surface area contributed by atoms with Crippen LogP contribution in [0.5, 0.6) is 0 Å². The van der Waals surface area contributed by atoms with Crippen molar-refractivity contribution in [1.82, 2.24) is 5.32 Å². The Kier molecular flexibility index (Phi) is 54.5. The lowest BCUT2D eigenvalue weighted by Gasteiger charge is -2.22. The zero-order chi connectivity index (χ0) is 47.2. The van der Waals surface area contributed by atoms with Crippen LogP contribution in [0.25, 0.3) is 0 Å². The third-order valence-corrected chi connectivity index (χ3v) is 14.2. The smallest absolute Gasteiger partial charge is 0.305 e. The number of hydrogen-bond donors (Lipinski definition) is 3. The maximum atomic E-state index is 12.5. The van der Waals surface area contributed by atoms with Crippen LogP contribution in [0.1, 0.15) is 341 Å². The lowest BCUT2D eigenvalue weighted by atomic mass is 10.0. The molecule has 0 heterocycles. The standard InChI is InChI=1S/C59H117NO5/c1-3-5-7-9-11-13-15-17-18-19-20-21-22-23-24-25-28-31-35-39-43-47-51-57(62)56(55-61)60-58(63)52-48-44-40-36-32-29-26-27-30-34-38-42-46-50-54-65-59(64)53-49-45-41-37-33-16-14-12-10-8-6-4-2/h56-57,61-62H,3-55H2,1-2H3,(H,60,63). The maximum absolute atomic E-state index is 12.5. The van der Waals surface area contributed by atoms with Crippen LogP contribution >= 0.6 is 0 Å². The average Bonchev–Trinajstić information content (AvgIpc) is 3.31. The normalized spacial score (nSPS) is 12.5. The molecule has 65 heavy (non-hydrogen) atoms. The van der Waals surface area contributed by atoms with Crippen LogP contribution in [-0.4, -0.2) is 47.4 Å². The predicted molar refractivity (Wildman–Crippen MR) is 283 cm³/mol. The second-order valence-corrected chi connectivity index (χ2v) is 20.7. The highest BCUT2D eigenvalue weighted by molar-refractivity contribution is 5.76. The summed E-state index contributed by atoms with van der Waals surface area (Å²) < 4.78 is 5.46. The van der Waals surface area contributed by atoms with Crippen molar-refractivity contribution in [2.75, 3.05) is 13.2 Å². The quantitative estimate of drug-likeness (QED) is 0.0417. The number of carbonyl (C=O) groups excluding carboxylic acids is 2. The number of ether oxygens (including phenoxy) is 1. The Bertz CT molecular complexity index is 928. The second-order valence-electron chi connectivity index (χ2n) is 20.7. The van der Waals surface area contributed by atoms with E-state index in [0.29, 0.717) is 25.9 Å². The van der Waals surface area contributed by atoms with Crippen LogP contribution in [0.4, 0.5) is 0 Å². The molecule has 0 rings (SSSR count). The van der Waals surface area contributed by atoms with E-state index in [0.717, 1.165) is 51.4 Å². The van der Waals surface area contributed by atoms with Crippen LogP contribution in [0.2, 0.25) is 0 Å². The third-order valence-electron chi connectivity index (χ3n) is 14.2. The van der Waals surface area contributed by atoms with Crippen molar-refractivity contribution >= 4 is 11.9 Å². The largest absolute Gasteiger partial charge is 0.466 e. The zero-order valence-electron chi connectivity index (χ0n) is 44.3. The highest BCUT2D eigenvalue weighted by Crippen LogP contribution is 2.18. The fourth-order valence-corrected chi connectivity index (χ4v) is 9.58. The maximum Gasteiger partial charge on any atom is 0.305 e. The molecule has 2 atom stereocenters. The topological polar surface area (TPSA) is 95.9 Å². The fraction of sp³-hybridized carbons (Fsp3) is 0.966. The molecule has 0 radical (unpaired) electrons. The molecule has 0 fully saturated rings. The van der Waals surface area contributed by atoms with Crippen LogP contribution in [-0.2, 0) is 14.3 Å². The van der Waals surface area contributed by atoms with E-state index in [-0.39, 0.29) is 18.5 Å². The van der Waals surface area contributed by atoms with Gasteiger partial charge in [0.25, 0.3) is 0 Å². The van der Waals surface area contributed by atoms with Crippen molar-refractivity contribution in [2.24, 2.45) is 0 Å². The summed E-state index contributed by atoms with van der Waals surface area (Å²) in [6.45, 7) is 4.96. The zero-order valence-corrected chi connectivity index (χ0v) is 44.3. The highest BCUT2D eigenvalue weighted by Gasteiger charge is 2.20. The van der Waals surface area contributed by atoms with Gasteiger partial charge in [0.15, 0.2) is 0 Å². The number of nitrogens with one attached hydrogen (secondary N) is 1. The number of amides is 1. The van der Waals surface area contributed by atoms with E-state index in [1.165, 1.54) is 257 Å². The van der Waals surface area contributed by atoms with Crippen molar-refractivity contribution in [2.45, 2.75) is 353 Å². The van der Waals surface area contributed by atoms with Gasteiger partial charge in [-0.2, -0.15) is 0 Å². The van der Waals surface area contributed by atoms with Crippen LogP contribution in [0.15, 0.2) is 0 Å². The number of carbonyl (C=O) groups is 2. The number of aliphatic hydroxyl groups excluding tert-OH is 2. The molecule has 388 valence electrons. The van der Waals surface area contributed by atoms with E-state index in [1.54, 1.807) is 0 Å². The first-order valence-electron chi connectivity index (χ1n) is 29.8. The van der Waals surface area contributed by atoms with Gasteiger partial charge in [-0.25, -0.2) is 0 Å². The molecule has 0 aromatic carbocycles. The Balaban J connectivity index is 3.43. The first-order chi connectivity index (χ1) is 32.0. The molecule has 2 unspecified atom stereocenters. The van der Waals surface area contributed by atoms with Crippen molar-refractivity contribution < 1.29 is 24.5 Å². The van der Waals surface area contributed by atoms with Crippen molar-refractivity contribution in [3.8, 4) is 0 Å². The molecule has 0 saturated heterocycles. The summed E-state index contributed by atoms with van der Waals surface area (Å²) in [5.41, 5.74) is 0. The minimum atomic E-state index is -0.671. The Morgan fingerprint density at radius 1 is 0.369 bits per heavy atom. The SMILES string of the molecule is CCCCCCCCCCCCCCCCCCCCCCCCC(O)C(CO)NC(=O)CCCCCCCCCCCCCCCCOC(=O)CCCCCCCCCCCCCC. The molecule has 6 heteroatoms. The molecule has 0 bridgehead atoms. The molecule has 0 saturated carbocycles. The summed E-state index contributed by atoms with van der Waals surface area (Å²) in [6.07, 6.45) is 63.8. The Labute approximate surface area is 406 Å². The van der Waals surface area contributed by atoms with Gasteiger partial charge in [-0.15, -0.1) is 0 Å². The molecule has 0 aromatic heterocycles. The van der Waals surface area contributed by atoms with Gasteiger partial charge in [-0.3, -0.25) is 9.59 Å². The lowest BCUT2D eigenvalue weighted by molar-refractivity contribution is -0.143. The molecule has 0 spiro atoms. The molecule has 3 N–H and O–H groups in total. The van der Waals surface area contributed by atoms with Crippen molar-refractivity contribution in [3.63, 3.8) is 0 Å². The summed E-state index contributed by atoms with van der Waals surface area (Å²) >= 11 is 0. The second kappa shape index (κ2) is 55.5. The molecule has 0 aliphatic carbocycles. The average molecular weight is 921 g/mol. The van der Waals surface area contributed by atoms with E-state index in [9.17, 15) is 19.8 Å². The molecular weight excluding hydrogens is 803 g/mol. The van der Waals surface area contributed by atoms with Gasteiger partial charge in [0.1, 0.15) is 0 Å². The van der Waals surface area contributed by atoms with Crippen LogP contribution < -0.4 is 5.32 Å². The highest BCUT2D eigenvalue weighted by atomic mass is 16.5. The summed E-state index contributed by atoms with van der Waals surface area (Å²) in [4.78, 5) is 24.5. The predicted octanol–water partition coefficient (Wildman–Crippen LogP) is 18.3. The Morgan fingerprint density at radius 3 is 0.938 bits per heavy atom. The molecule has 0 aliphatic rings. The first kappa shape index (κ1) is 63.9. The van der Waals surface area contributed by atoms with E-state index in [4.69, 9.17) is 4.74 Å². The number of esters is 1. The number of aliphatic hydroxyl groups is 2. The van der Waals surface area contributed by atoms with Gasteiger partial charge in [-0.05, 0) is 25.7 Å². The first-order valence-corrected chi connectivity index (χ1v) is 29.8. The van der Waals surface area contributed by atoms with E-state index < -0.39 is 12.1 Å². The molecule has 6 nitrogen and oxygen atoms in total. The molecule has 0 aliphatic heterocycles. The van der Waals surface area contributed by atoms with Gasteiger partial charge in [0.2, 0.25) is 5.91 Å². The van der Waals surface area contributed by atoms with Gasteiger partial charge in [-0.1, -0.05) is 303 Å². The Morgan fingerprint density at radius 2 is 0.631 bits per heavy atom. The summed E-state index contributed by atoms with van der Waals surface area (Å²) in [6, 6.07) is -0.549. The van der Waals surface area contributed by atoms with Crippen LogP contribution in [0.3, 0.4) is 0 Å². The van der Waals surface area contributed by atoms with Crippen molar-refractivity contribution in [3.05, 3.63) is 0 Å². The summed E-state index contributed by atoms with van der Waals surface area (Å²) in [5.74, 6) is -0.0410. The van der Waals surface area contributed by atoms with Gasteiger partial charge < -0.3 is 20.3 Å². The minimum Gasteiger partial charge on any atom is -0.466 e. The monoisotopic (exact) mass is 920 g/mol. The van der Waals surface area contributed by atoms with Gasteiger partial charge >= 0.3 is 5.97 Å². The number of unbranched alkanes of at least 4 members (excludes halogenated alkanes) is 45. The Hall–Kier alpha value is -1.14. The van der Waals surface area contributed by atoms with E-state index in [2.05, 4.69) is 19.2 Å². The fourth-order valence-electron chi connectivity index (χ4n) is 9.58. The van der Waals surface area contributed by atoms with Gasteiger partial charge in [0.05, 0.1) is 25.4 Å². The van der Waals surface area contributed by atoms with Crippen LogP contribution in [0, 0.1) is 0 Å². The molecule has 0 aromatic rings. The van der Waals surface area contributed by atoms with E-state index in [1.807, 2.05) is 0 Å². The van der Waals surface area contributed by atoms with Crippen molar-refractivity contribution in [1.29, 1.82) is 0 Å². The summed E-state index contributed by atoms with van der Waals surface area (Å²) in [7, 11) is 0. The molecular formula is C59H117NO5.